The average Bonchev–Trinajstić information content (AvgIpc) is 2.67. The SMILES string of the molecule is Cc1ccnc(NS(=O)(=O)c2ccc(NS(=O)(=O)c3cc([N+](=O)[O-])ccc3C)cc2)n1. The standard InChI is InChI=1S/C18H17N5O6S2/c1-12-3-6-15(23(24)25)11-17(12)31(28,29)21-14-4-7-16(8-5-14)30(26,27)22-18-19-10-9-13(2)20-18/h3-11,21H,1-2H3,(H,19,20,22). The topological polar surface area (TPSA) is 161 Å². The highest BCUT2D eigenvalue weighted by Gasteiger charge is 2.21. The molecule has 0 radical (unpaired) electrons. The summed E-state index contributed by atoms with van der Waals surface area (Å²) in [5.41, 5.74) is 0.613. The Bertz CT molecular complexity index is 1360. The number of hydrogen-bond donors (Lipinski definition) is 2. The van der Waals surface area contributed by atoms with Gasteiger partial charge in [-0.25, -0.2) is 31.5 Å². The number of anilines is 2. The van der Waals surface area contributed by atoms with Gasteiger partial charge in [-0.15, -0.1) is 0 Å². The molecule has 11 nitrogen and oxygen atoms in total. The largest absolute Gasteiger partial charge is 0.280 e. The molecule has 0 saturated heterocycles. The van der Waals surface area contributed by atoms with Crippen LogP contribution in [0.2, 0.25) is 0 Å². The van der Waals surface area contributed by atoms with Gasteiger partial charge in [0, 0.05) is 29.7 Å². The minimum absolute atomic E-state index is 0.0802. The summed E-state index contributed by atoms with van der Waals surface area (Å²) < 4.78 is 54.8. The van der Waals surface area contributed by atoms with Crippen LogP contribution in [0, 0.1) is 24.0 Å². The summed E-state index contributed by atoms with van der Waals surface area (Å²) in [7, 11) is -8.13. The monoisotopic (exact) mass is 463 g/mol. The zero-order chi connectivity index (χ0) is 22.8. The number of nitrogens with zero attached hydrogens (tertiary/aromatic N) is 3. The maximum atomic E-state index is 12.7. The molecule has 0 atom stereocenters. The summed E-state index contributed by atoms with van der Waals surface area (Å²) in [4.78, 5) is 17.7. The third-order valence-corrected chi connectivity index (χ3v) is 6.98. The average molecular weight is 463 g/mol. The molecule has 2 N–H and O–H groups in total. The molecule has 31 heavy (non-hydrogen) atoms. The third kappa shape index (κ3) is 5.13. The number of benzene rings is 2. The van der Waals surface area contributed by atoms with Crippen molar-refractivity contribution in [2.24, 2.45) is 0 Å². The number of nitro groups is 1. The number of non-ortho nitro benzene ring substituents is 1. The quantitative estimate of drug-likeness (QED) is 0.399. The van der Waals surface area contributed by atoms with Crippen molar-refractivity contribution in [3.63, 3.8) is 0 Å². The second-order valence-corrected chi connectivity index (χ2v) is 9.80. The second kappa shape index (κ2) is 8.28. The molecule has 1 heterocycles. The van der Waals surface area contributed by atoms with Gasteiger partial charge in [0.2, 0.25) is 5.95 Å². The number of hydrogen-bond acceptors (Lipinski definition) is 8. The number of sulfonamides is 2. The van der Waals surface area contributed by atoms with Crippen LogP contribution in [-0.4, -0.2) is 31.7 Å². The molecule has 0 bridgehead atoms. The summed E-state index contributed by atoms with van der Waals surface area (Å²) in [5.74, 6) is -0.0917. The van der Waals surface area contributed by atoms with Gasteiger partial charge in [-0.3, -0.25) is 14.8 Å². The van der Waals surface area contributed by atoms with E-state index < -0.39 is 25.0 Å². The van der Waals surface area contributed by atoms with Crippen molar-refractivity contribution in [2.75, 3.05) is 9.44 Å². The van der Waals surface area contributed by atoms with E-state index in [0.29, 0.717) is 11.3 Å². The summed E-state index contributed by atoms with van der Waals surface area (Å²) in [5, 5.41) is 10.9. The van der Waals surface area contributed by atoms with Crippen LogP contribution in [0.3, 0.4) is 0 Å². The minimum Gasteiger partial charge on any atom is -0.280 e. The molecular weight excluding hydrogens is 446 g/mol. The Balaban J connectivity index is 1.83. The lowest BCUT2D eigenvalue weighted by Gasteiger charge is -2.11. The molecule has 2 aromatic carbocycles. The van der Waals surface area contributed by atoms with E-state index in [9.17, 15) is 26.9 Å². The lowest BCUT2D eigenvalue weighted by Crippen LogP contribution is -2.16. The van der Waals surface area contributed by atoms with Gasteiger partial charge in [-0.05, 0) is 49.7 Å². The first-order chi connectivity index (χ1) is 14.5. The van der Waals surface area contributed by atoms with Crippen molar-refractivity contribution in [1.82, 2.24) is 9.97 Å². The van der Waals surface area contributed by atoms with E-state index in [0.717, 1.165) is 6.07 Å². The predicted octanol–water partition coefficient (Wildman–Crippen LogP) is 2.60. The molecule has 0 aliphatic heterocycles. The highest BCUT2D eigenvalue weighted by Crippen LogP contribution is 2.25. The van der Waals surface area contributed by atoms with Crippen LogP contribution in [0.5, 0.6) is 0 Å². The van der Waals surface area contributed by atoms with Crippen molar-refractivity contribution in [1.29, 1.82) is 0 Å². The van der Waals surface area contributed by atoms with Gasteiger partial charge in [0.25, 0.3) is 25.7 Å². The van der Waals surface area contributed by atoms with Gasteiger partial charge >= 0.3 is 0 Å². The van der Waals surface area contributed by atoms with Crippen LogP contribution < -0.4 is 9.44 Å². The molecule has 0 spiro atoms. The first kappa shape index (κ1) is 22.1. The van der Waals surface area contributed by atoms with Crippen LogP contribution in [0.25, 0.3) is 0 Å². The number of nitro benzene ring substituents is 1. The van der Waals surface area contributed by atoms with E-state index >= 15 is 0 Å². The molecule has 3 rings (SSSR count). The van der Waals surface area contributed by atoms with E-state index in [4.69, 9.17) is 0 Å². The Morgan fingerprint density at radius 1 is 0.903 bits per heavy atom. The van der Waals surface area contributed by atoms with Crippen molar-refractivity contribution >= 4 is 37.4 Å². The summed E-state index contributed by atoms with van der Waals surface area (Å²) in [6.45, 7) is 3.19. The molecule has 13 heteroatoms. The Labute approximate surface area is 178 Å². The molecule has 0 aliphatic rings. The van der Waals surface area contributed by atoms with Crippen molar-refractivity contribution < 1.29 is 21.8 Å². The number of aryl methyl sites for hydroxylation is 2. The van der Waals surface area contributed by atoms with E-state index in [2.05, 4.69) is 19.4 Å². The molecule has 0 unspecified atom stereocenters. The number of rotatable bonds is 7. The van der Waals surface area contributed by atoms with Crippen molar-refractivity contribution in [3.8, 4) is 0 Å². The summed E-state index contributed by atoms with van der Waals surface area (Å²) in [6, 6.07) is 10.0. The third-order valence-electron chi connectivity index (χ3n) is 4.11. The Morgan fingerprint density at radius 2 is 1.58 bits per heavy atom. The molecule has 0 aliphatic carbocycles. The smallest absolute Gasteiger partial charge is 0.270 e. The zero-order valence-corrected chi connectivity index (χ0v) is 17.9. The highest BCUT2D eigenvalue weighted by molar-refractivity contribution is 7.93. The fraction of sp³-hybridized carbons (Fsp3) is 0.111. The molecule has 1 aromatic heterocycles. The summed E-state index contributed by atoms with van der Waals surface area (Å²) >= 11 is 0. The number of aromatic nitrogens is 2. The van der Waals surface area contributed by atoms with Crippen LogP contribution in [-0.2, 0) is 20.0 Å². The molecule has 0 fully saturated rings. The predicted molar refractivity (Wildman–Crippen MR) is 113 cm³/mol. The van der Waals surface area contributed by atoms with Crippen LogP contribution in [0.15, 0.2) is 64.5 Å². The Kier molecular flexibility index (Phi) is 5.90. The Morgan fingerprint density at radius 3 is 2.19 bits per heavy atom. The van der Waals surface area contributed by atoms with E-state index in [-0.39, 0.29) is 27.1 Å². The lowest BCUT2D eigenvalue weighted by molar-refractivity contribution is -0.385. The first-order valence-corrected chi connectivity index (χ1v) is 11.6. The molecule has 162 valence electrons. The lowest BCUT2D eigenvalue weighted by atomic mass is 10.2. The minimum atomic E-state index is -4.14. The van der Waals surface area contributed by atoms with Crippen LogP contribution in [0.4, 0.5) is 17.3 Å². The van der Waals surface area contributed by atoms with E-state index in [1.807, 2.05) is 0 Å². The van der Waals surface area contributed by atoms with Gasteiger partial charge in [-0.2, -0.15) is 0 Å². The van der Waals surface area contributed by atoms with Gasteiger partial charge in [0.1, 0.15) is 0 Å². The van der Waals surface area contributed by atoms with Crippen LogP contribution in [0.1, 0.15) is 11.3 Å². The van der Waals surface area contributed by atoms with E-state index in [1.165, 1.54) is 49.5 Å². The highest BCUT2D eigenvalue weighted by atomic mass is 32.2. The molecular formula is C18H17N5O6S2. The molecule has 0 amide bonds. The Hall–Kier alpha value is -3.58. The molecule has 3 aromatic rings. The van der Waals surface area contributed by atoms with Gasteiger partial charge < -0.3 is 0 Å². The fourth-order valence-electron chi connectivity index (χ4n) is 2.58. The van der Waals surface area contributed by atoms with Crippen LogP contribution >= 0.6 is 0 Å². The first-order valence-electron chi connectivity index (χ1n) is 8.68. The summed E-state index contributed by atoms with van der Waals surface area (Å²) in [6.07, 6.45) is 1.41. The van der Waals surface area contributed by atoms with Gasteiger partial charge in [0.15, 0.2) is 0 Å². The number of nitrogens with one attached hydrogen (secondary N) is 2. The fourth-order valence-corrected chi connectivity index (χ4v) is 4.86. The maximum absolute atomic E-state index is 12.7. The zero-order valence-electron chi connectivity index (χ0n) is 16.3. The normalized spacial score (nSPS) is 11.7. The van der Waals surface area contributed by atoms with Gasteiger partial charge in [-0.1, -0.05) is 6.07 Å². The van der Waals surface area contributed by atoms with Gasteiger partial charge in [0.05, 0.1) is 14.7 Å². The van der Waals surface area contributed by atoms with Crippen molar-refractivity contribution in [2.45, 2.75) is 23.6 Å². The molecule has 0 saturated carbocycles. The second-order valence-electron chi connectivity index (χ2n) is 6.46. The van der Waals surface area contributed by atoms with E-state index in [1.54, 1.807) is 13.0 Å². The van der Waals surface area contributed by atoms with Crippen molar-refractivity contribution in [3.05, 3.63) is 76.1 Å². The maximum Gasteiger partial charge on any atom is 0.270 e.